The summed E-state index contributed by atoms with van der Waals surface area (Å²) in [5.41, 5.74) is 2.39. The number of ether oxygens (including phenoxy) is 1. The molecule has 0 aliphatic heterocycles. The molecule has 168 valence electrons. The first-order chi connectivity index (χ1) is 16.6. The molecule has 5 rings (SSSR count). The largest absolute Gasteiger partial charge is 0.439 e. The zero-order chi connectivity index (χ0) is 23.4. The highest BCUT2D eigenvalue weighted by molar-refractivity contribution is 7.92. The second kappa shape index (κ2) is 9.16. The van der Waals surface area contributed by atoms with E-state index in [9.17, 15) is 8.42 Å². The molecular weight excluding hydrogens is 450 g/mol. The van der Waals surface area contributed by atoms with Crippen molar-refractivity contribution in [2.24, 2.45) is 0 Å². The first kappa shape index (κ1) is 21.4. The molecule has 0 amide bonds. The maximum absolute atomic E-state index is 12.8. The van der Waals surface area contributed by atoms with Gasteiger partial charge in [-0.15, -0.1) is 0 Å². The molecule has 0 bridgehead atoms. The van der Waals surface area contributed by atoms with E-state index in [1.165, 1.54) is 6.33 Å². The van der Waals surface area contributed by atoms with E-state index in [-0.39, 0.29) is 4.90 Å². The standard InChI is InChI=1S/C25H19N5O3S/c31-34(32,23-13-7-20(8-14-23)19-5-2-1-3-6-19)29-21-9-11-22(12-10-21)33-25-17-24(26-18-27-25)30-16-4-15-28-30/h1-18,29H. The minimum absolute atomic E-state index is 0.180. The van der Waals surface area contributed by atoms with E-state index < -0.39 is 10.0 Å². The average Bonchev–Trinajstić information content (AvgIpc) is 3.41. The van der Waals surface area contributed by atoms with Crippen LogP contribution in [0, 0.1) is 0 Å². The van der Waals surface area contributed by atoms with Crippen molar-refractivity contribution < 1.29 is 13.2 Å². The highest BCUT2D eigenvalue weighted by atomic mass is 32.2. The Bertz CT molecular complexity index is 1490. The third-order valence-corrected chi connectivity index (χ3v) is 6.36. The van der Waals surface area contributed by atoms with Crippen LogP contribution in [0.15, 0.2) is 115 Å². The summed E-state index contributed by atoms with van der Waals surface area (Å²) >= 11 is 0. The van der Waals surface area contributed by atoms with Gasteiger partial charge in [-0.25, -0.2) is 23.1 Å². The lowest BCUT2D eigenvalue weighted by Gasteiger charge is -2.10. The van der Waals surface area contributed by atoms with Crippen molar-refractivity contribution in [1.82, 2.24) is 19.7 Å². The Morgan fingerprint density at radius 3 is 2.24 bits per heavy atom. The van der Waals surface area contributed by atoms with Gasteiger partial charge in [-0.3, -0.25) is 4.72 Å². The summed E-state index contributed by atoms with van der Waals surface area (Å²) in [6.45, 7) is 0. The molecule has 3 aromatic carbocycles. The number of sulfonamides is 1. The lowest BCUT2D eigenvalue weighted by molar-refractivity contribution is 0.460. The summed E-state index contributed by atoms with van der Waals surface area (Å²) in [6, 6.07) is 26.6. The van der Waals surface area contributed by atoms with E-state index in [0.717, 1.165) is 11.1 Å². The molecule has 0 fully saturated rings. The Morgan fingerprint density at radius 1 is 0.794 bits per heavy atom. The smallest absolute Gasteiger partial charge is 0.261 e. The van der Waals surface area contributed by atoms with E-state index in [1.54, 1.807) is 77.7 Å². The lowest BCUT2D eigenvalue weighted by atomic mass is 10.1. The third kappa shape index (κ3) is 4.79. The van der Waals surface area contributed by atoms with Crippen LogP contribution in [-0.2, 0) is 10.0 Å². The molecule has 1 N–H and O–H groups in total. The highest BCUT2D eigenvalue weighted by Gasteiger charge is 2.14. The predicted octanol–water partition coefficient (Wildman–Crippen LogP) is 4.92. The Morgan fingerprint density at radius 2 is 1.53 bits per heavy atom. The van der Waals surface area contributed by atoms with Crippen molar-refractivity contribution in [3.8, 4) is 28.6 Å². The summed E-state index contributed by atoms with van der Waals surface area (Å²) in [6.07, 6.45) is 4.81. The number of nitrogens with one attached hydrogen (secondary N) is 1. The van der Waals surface area contributed by atoms with Crippen LogP contribution in [0.2, 0.25) is 0 Å². The SMILES string of the molecule is O=S(=O)(Nc1ccc(Oc2cc(-n3cccn3)ncn2)cc1)c1ccc(-c2ccccc2)cc1. The maximum Gasteiger partial charge on any atom is 0.261 e. The van der Waals surface area contributed by atoms with E-state index >= 15 is 0 Å². The number of benzene rings is 3. The van der Waals surface area contributed by atoms with Gasteiger partial charge in [0.2, 0.25) is 5.88 Å². The van der Waals surface area contributed by atoms with Crippen LogP contribution in [0.25, 0.3) is 16.9 Å². The fraction of sp³-hybridized carbons (Fsp3) is 0. The molecule has 2 heterocycles. The van der Waals surface area contributed by atoms with Crippen LogP contribution in [-0.4, -0.2) is 28.2 Å². The Balaban J connectivity index is 1.27. The van der Waals surface area contributed by atoms with Crippen LogP contribution in [0.1, 0.15) is 0 Å². The van der Waals surface area contributed by atoms with Crippen molar-refractivity contribution >= 4 is 15.7 Å². The highest BCUT2D eigenvalue weighted by Crippen LogP contribution is 2.25. The second-order valence-electron chi connectivity index (χ2n) is 7.29. The average molecular weight is 470 g/mol. The van der Waals surface area contributed by atoms with Gasteiger partial charge < -0.3 is 4.74 Å². The monoisotopic (exact) mass is 469 g/mol. The van der Waals surface area contributed by atoms with Crippen molar-refractivity contribution in [3.05, 3.63) is 110 Å². The molecule has 0 unspecified atom stereocenters. The van der Waals surface area contributed by atoms with Crippen molar-refractivity contribution in [2.75, 3.05) is 4.72 Å². The van der Waals surface area contributed by atoms with Crippen LogP contribution in [0.5, 0.6) is 11.6 Å². The summed E-state index contributed by atoms with van der Waals surface area (Å²) in [4.78, 5) is 8.45. The molecule has 34 heavy (non-hydrogen) atoms. The van der Waals surface area contributed by atoms with E-state index in [0.29, 0.717) is 23.1 Å². The topological polar surface area (TPSA) is 99.0 Å². The van der Waals surface area contributed by atoms with Gasteiger partial charge in [0.1, 0.15) is 12.1 Å². The molecule has 0 saturated heterocycles. The van der Waals surface area contributed by atoms with Crippen molar-refractivity contribution in [1.29, 1.82) is 0 Å². The Kier molecular flexibility index (Phi) is 5.75. The van der Waals surface area contributed by atoms with Gasteiger partial charge in [-0.05, 0) is 53.6 Å². The molecule has 0 radical (unpaired) electrons. The van der Waals surface area contributed by atoms with Crippen LogP contribution >= 0.6 is 0 Å². The summed E-state index contributed by atoms with van der Waals surface area (Å²) in [5.74, 6) is 1.41. The van der Waals surface area contributed by atoms with Crippen molar-refractivity contribution in [2.45, 2.75) is 4.90 Å². The lowest BCUT2D eigenvalue weighted by Crippen LogP contribution is -2.12. The Hall–Kier alpha value is -4.50. The molecule has 0 aliphatic rings. The van der Waals surface area contributed by atoms with Gasteiger partial charge >= 0.3 is 0 Å². The second-order valence-corrected chi connectivity index (χ2v) is 8.97. The van der Waals surface area contributed by atoms with Crippen LogP contribution in [0.4, 0.5) is 5.69 Å². The number of aromatic nitrogens is 4. The quantitative estimate of drug-likeness (QED) is 0.363. The molecular formula is C25H19N5O3S. The van der Waals surface area contributed by atoms with Gasteiger partial charge in [0.05, 0.1) is 4.90 Å². The minimum Gasteiger partial charge on any atom is -0.439 e. The molecule has 0 saturated carbocycles. The predicted molar refractivity (Wildman–Crippen MR) is 128 cm³/mol. The van der Waals surface area contributed by atoms with Crippen LogP contribution in [0.3, 0.4) is 0 Å². The van der Waals surface area contributed by atoms with E-state index in [1.807, 2.05) is 30.3 Å². The first-order valence-corrected chi connectivity index (χ1v) is 11.8. The van der Waals surface area contributed by atoms with E-state index in [4.69, 9.17) is 4.74 Å². The molecule has 0 atom stereocenters. The van der Waals surface area contributed by atoms with Crippen molar-refractivity contribution in [3.63, 3.8) is 0 Å². The first-order valence-electron chi connectivity index (χ1n) is 10.4. The number of hydrogen-bond donors (Lipinski definition) is 1. The summed E-state index contributed by atoms with van der Waals surface area (Å²) < 4.78 is 35.6. The van der Waals surface area contributed by atoms with E-state index in [2.05, 4.69) is 19.8 Å². The molecule has 9 heteroatoms. The summed E-state index contributed by atoms with van der Waals surface area (Å²) in [5, 5.41) is 4.13. The fourth-order valence-electron chi connectivity index (χ4n) is 3.30. The molecule has 0 aliphatic carbocycles. The number of hydrogen-bond acceptors (Lipinski definition) is 6. The van der Waals surface area contributed by atoms with Gasteiger partial charge in [-0.2, -0.15) is 5.10 Å². The molecule has 5 aromatic rings. The van der Waals surface area contributed by atoms with Gasteiger partial charge in [0, 0.05) is 24.1 Å². The normalized spacial score (nSPS) is 11.2. The Labute approximate surface area is 196 Å². The molecule has 0 spiro atoms. The number of anilines is 1. The zero-order valence-electron chi connectivity index (χ0n) is 17.8. The fourth-order valence-corrected chi connectivity index (χ4v) is 4.36. The van der Waals surface area contributed by atoms with Gasteiger partial charge in [0.25, 0.3) is 10.0 Å². The maximum atomic E-state index is 12.8. The van der Waals surface area contributed by atoms with Gasteiger partial charge in [0.15, 0.2) is 5.82 Å². The van der Waals surface area contributed by atoms with Gasteiger partial charge in [-0.1, -0.05) is 42.5 Å². The zero-order valence-corrected chi connectivity index (χ0v) is 18.6. The third-order valence-electron chi connectivity index (χ3n) is 4.97. The number of nitrogens with zero attached hydrogens (tertiary/aromatic N) is 4. The molecule has 2 aromatic heterocycles. The summed E-state index contributed by atoms with van der Waals surface area (Å²) in [7, 11) is -3.74. The molecule has 8 nitrogen and oxygen atoms in total. The minimum atomic E-state index is -3.74. The number of rotatable bonds is 7. The van der Waals surface area contributed by atoms with Crippen LogP contribution < -0.4 is 9.46 Å².